The Morgan fingerprint density at radius 1 is 1.42 bits per heavy atom. The third-order valence-electron chi connectivity index (χ3n) is 4.19. The number of amides is 1. The van der Waals surface area contributed by atoms with Gasteiger partial charge in [-0.3, -0.25) is 4.79 Å². The molecule has 0 aliphatic carbocycles. The van der Waals surface area contributed by atoms with Crippen LogP contribution in [0.5, 0.6) is 0 Å². The van der Waals surface area contributed by atoms with E-state index in [2.05, 4.69) is 10.0 Å². The quantitative estimate of drug-likeness (QED) is 0.710. The van der Waals surface area contributed by atoms with E-state index in [0.29, 0.717) is 12.2 Å². The van der Waals surface area contributed by atoms with Gasteiger partial charge in [-0.05, 0) is 43.5 Å². The van der Waals surface area contributed by atoms with Crippen molar-refractivity contribution in [3.8, 4) is 0 Å². The Bertz CT molecular complexity index is 631. The van der Waals surface area contributed by atoms with Crippen LogP contribution in [-0.2, 0) is 14.8 Å². The first-order chi connectivity index (χ1) is 11.5. The van der Waals surface area contributed by atoms with Gasteiger partial charge in [0.15, 0.2) is 0 Å². The third kappa shape index (κ3) is 4.95. The van der Waals surface area contributed by atoms with Crippen LogP contribution in [0.15, 0.2) is 35.2 Å². The van der Waals surface area contributed by atoms with Gasteiger partial charge < -0.3 is 10.2 Å². The van der Waals surface area contributed by atoms with E-state index >= 15 is 0 Å². The Balaban J connectivity index is 2.13. The predicted octanol–water partition coefficient (Wildman–Crippen LogP) is 0.907. The van der Waals surface area contributed by atoms with Crippen LogP contribution >= 0.6 is 11.8 Å². The van der Waals surface area contributed by atoms with Gasteiger partial charge in [0.2, 0.25) is 15.9 Å². The summed E-state index contributed by atoms with van der Waals surface area (Å²) >= 11 is 1.60. The highest BCUT2D eigenvalue weighted by molar-refractivity contribution is 7.98. The normalized spacial score (nSPS) is 19.2. The van der Waals surface area contributed by atoms with E-state index in [4.69, 9.17) is 0 Å². The zero-order chi connectivity index (χ0) is 17.6. The number of nitrogens with one attached hydrogen (secondary N) is 2. The van der Waals surface area contributed by atoms with Crippen molar-refractivity contribution in [3.63, 3.8) is 0 Å². The first-order valence-electron chi connectivity index (χ1n) is 7.99. The summed E-state index contributed by atoms with van der Waals surface area (Å²) in [6.07, 6.45) is 3.30. The molecule has 2 rings (SSSR count). The lowest BCUT2D eigenvalue weighted by Crippen LogP contribution is -2.51. The molecule has 1 aliphatic heterocycles. The van der Waals surface area contributed by atoms with Crippen LogP contribution in [0, 0.1) is 0 Å². The number of sulfonamides is 1. The van der Waals surface area contributed by atoms with E-state index in [-0.39, 0.29) is 16.8 Å². The molecule has 8 heteroatoms. The summed E-state index contributed by atoms with van der Waals surface area (Å²) < 4.78 is 27.7. The van der Waals surface area contributed by atoms with E-state index in [1.165, 1.54) is 12.1 Å². The van der Waals surface area contributed by atoms with Crippen molar-refractivity contribution in [3.05, 3.63) is 30.3 Å². The van der Waals surface area contributed by atoms with Crippen LogP contribution < -0.4 is 10.0 Å². The summed E-state index contributed by atoms with van der Waals surface area (Å²) in [7, 11) is -1.96. The molecule has 1 saturated heterocycles. The number of carbonyl (C=O) groups excluding carboxylic acids is 1. The van der Waals surface area contributed by atoms with Crippen LogP contribution in [-0.4, -0.2) is 63.5 Å². The number of benzene rings is 1. The second-order valence-electron chi connectivity index (χ2n) is 5.86. The fraction of sp³-hybridized carbons (Fsp3) is 0.562. The molecule has 0 spiro atoms. The van der Waals surface area contributed by atoms with E-state index < -0.39 is 16.1 Å². The van der Waals surface area contributed by atoms with Gasteiger partial charge in [0.1, 0.15) is 6.04 Å². The van der Waals surface area contributed by atoms with Crippen LogP contribution in [0.1, 0.15) is 12.8 Å². The van der Waals surface area contributed by atoms with Crippen molar-refractivity contribution in [2.45, 2.75) is 29.8 Å². The lowest BCUT2D eigenvalue weighted by atomic mass is 10.1. The van der Waals surface area contributed by atoms with Crippen molar-refractivity contribution in [2.75, 3.05) is 32.1 Å². The zero-order valence-electron chi connectivity index (χ0n) is 14.1. The maximum atomic E-state index is 12.8. The molecule has 0 radical (unpaired) electrons. The van der Waals surface area contributed by atoms with Crippen molar-refractivity contribution < 1.29 is 13.2 Å². The molecule has 0 bridgehead atoms. The first kappa shape index (κ1) is 19.2. The van der Waals surface area contributed by atoms with Crippen LogP contribution in [0.3, 0.4) is 0 Å². The average Bonchev–Trinajstić information content (AvgIpc) is 3.12. The minimum absolute atomic E-state index is 0.121. The number of thioether (sulfide) groups is 1. The van der Waals surface area contributed by atoms with Crippen LogP contribution in [0.4, 0.5) is 0 Å². The van der Waals surface area contributed by atoms with E-state index in [9.17, 15) is 13.2 Å². The Morgan fingerprint density at radius 2 is 2.12 bits per heavy atom. The van der Waals surface area contributed by atoms with Gasteiger partial charge >= 0.3 is 0 Å². The molecule has 1 aromatic rings. The standard InChI is InChI=1S/C16H25N3O3S2/c1-19(13-8-10-17-12-13)16(20)15(9-11-23-2)18-24(21,22)14-6-4-3-5-7-14/h3-7,13,15,17-18H,8-12H2,1-2H3. The van der Waals surface area contributed by atoms with Gasteiger partial charge in [-0.25, -0.2) is 8.42 Å². The highest BCUT2D eigenvalue weighted by Gasteiger charge is 2.31. The summed E-state index contributed by atoms with van der Waals surface area (Å²) in [4.78, 5) is 14.7. The summed E-state index contributed by atoms with van der Waals surface area (Å²) in [5.74, 6) is 0.544. The minimum Gasteiger partial charge on any atom is -0.340 e. The van der Waals surface area contributed by atoms with Crippen molar-refractivity contribution in [2.24, 2.45) is 0 Å². The molecule has 24 heavy (non-hydrogen) atoms. The Labute approximate surface area is 148 Å². The Kier molecular flexibility index (Phi) is 7.09. The Morgan fingerprint density at radius 3 is 2.71 bits per heavy atom. The number of nitrogens with zero attached hydrogens (tertiary/aromatic N) is 1. The van der Waals surface area contributed by atoms with Gasteiger partial charge in [0.25, 0.3) is 0 Å². The topological polar surface area (TPSA) is 78.5 Å². The van der Waals surface area contributed by atoms with E-state index in [1.807, 2.05) is 6.26 Å². The van der Waals surface area contributed by atoms with E-state index in [1.54, 1.807) is 41.9 Å². The molecule has 0 aromatic heterocycles. The molecule has 1 heterocycles. The monoisotopic (exact) mass is 371 g/mol. The van der Waals surface area contributed by atoms with Crippen molar-refractivity contribution in [1.29, 1.82) is 0 Å². The Hall–Kier alpha value is -1.09. The highest BCUT2D eigenvalue weighted by Crippen LogP contribution is 2.14. The second kappa shape index (κ2) is 8.84. The smallest absolute Gasteiger partial charge is 0.241 e. The SMILES string of the molecule is CSCCC(NS(=O)(=O)c1ccccc1)C(=O)N(C)C1CCNC1. The van der Waals surface area contributed by atoms with Crippen LogP contribution in [0.25, 0.3) is 0 Å². The van der Waals surface area contributed by atoms with E-state index in [0.717, 1.165) is 19.5 Å². The molecule has 2 N–H and O–H groups in total. The van der Waals surface area contributed by atoms with Gasteiger partial charge in [0, 0.05) is 19.6 Å². The summed E-state index contributed by atoms with van der Waals surface area (Å²) in [5, 5.41) is 3.23. The summed E-state index contributed by atoms with van der Waals surface area (Å²) in [6, 6.07) is 7.54. The largest absolute Gasteiger partial charge is 0.340 e. The molecular weight excluding hydrogens is 346 g/mol. The van der Waals surface area contributed by atoms with Gasteiger partial charge in [-0.15, -0.1) is 0 Å². The van der Waals surface area contributed by atoms with Gasteiger partial charge in [0.05, 0.1) is 4.90 Å². The molecule has 1 amide bonds. The number of carbonyl (C=O) groups is 1. The fourth-order valence-electron chi connectivity index (χ4n) is 2.72. The predicted molar refractivity (Wildman–Crippen MR) is 97.6 cm³/mol. The summed E-state index contributed by atoms with van der Waals surface area (Å²) in [5.41, 5.74) is 0. The second-order valence-corrected chi connectivity index (χ2v) is 8.56. The number of hydrogen-bond acceptors (Lipinski definition) is 5. The lowest BCUT2D eigenvalue weighted by Gasteiger charge is -2.28. The fourth-order valence-corrected chi connectivity index (χ4v) is 4.44. The van der Waals surface area contributed by atoms with Gasteiger partial charge in [-0.2, -0.15) is 16.5 Å². The van der Waals surface area contributed by atoms with Gasteiger partial charge in [-0.1, -0.05) is 18.2 Å². The number of hydrogen-bond donors (Lipinski definition) is 2. The molecular formula is C16H25N3O3S2. The minimum atomic E-state index is -3.71. The molecule has 2 atom stereocenters. The van der Waals surface area contributed by atoms with Crippen molar-refractivity contribution in [1.82, 2.24) is 14.9 Å². The molecule has 2 unspecified atom stereocenters. The molecule has 134 valence electrons. The maximum absolute atomic E-state index is 12.8. The molecule has 1 aliphatic rings. The number of likely N-dealkylation sites (N-methyl/N-ethyl adjacent to an activating group) is 1. The molecule has 1 aromatic carbocycles. The molecule has 0 saturated carbocycles. The lowest BCUT2D eigenvalue weighted by molar-refractivity contribution is -0.133. The summed E-state index contributed by atoms with van der Waals surface area (Å²) in [6.45, 7) is 1.64. The third-order valence-corrected chi connectivity index (χ3v) is 6.32. The number of rotatable bonds is 8. The first-order valence-corrected chi connectivity index (χ1v) is 10.9. The maximum Gasteiger partial charge on any atom is 0.241 e. The average molecular weight is 372 g/mol. The zero-order valence-corrected chi connectivity index (χ0v) is 15.7. The van der Waals surface area contributed by atoms with Crippen molar-refractivity contribution >= 4 is 27.7 Å². The molecule has 1 fully saturated rings. The molecule has 6 nitrogen and oxygen atoms in total. The van der Waals surface area contributed by atoms with Crippen LogP contribution in [0.2, 0.25) is 0 Å². The highest BCUT2D eigenvalue weighted by atomic mass is 32.2.